The van der Waals surface area contributed by atoms with Crippen LogP contribution in [-0.4, -0.2) is 78.0 Å². The van der Waals surface area contributed by atoms with E-state index in [0.717, 1.165) is 32.2 Å². The average Bonchev–Trinajstić information content (AvgIpc) is 3.16. The standard InChI is InChI=1S/C30H41N5O3/c1-33(2)30(24-10-5-4-6-11-24)16-14-29(15-17-30)22-34(28(37)35(29)21-23-8-7-9-23)19-13-27(36)32-26-20-25(38-3)12-18-31-26/h4-6,10-12,18,20,23H,7-9,13-17,19,21-22H2,1-3H3,(H,31,32,36)/t29-,30+. The van der Waals surface area contributed by atoms with Crippen molar-refractivity contribution in [3.05, 3.63) is 54.2 Å². The van der Waals surface area contributed by atoms with E-state index in [1.54, 1.807) is 25.4 Å². The zero-order chi connectivity index (χ0) is 26.8. The fraction of sp³-hybridized carbons (Fsp3) is 0.567. The van der Waals surface area contributed by atoms with Gasteiger partial charge in [-0.05, 0) is 70.2 Å². The fourth-order valence-electron chi connectivity index (χ4n) is 6.61. The van der Waals surface area contributed by atoms with Gasteiger partial charge in [-0.15, -0.1) is 0 Å². The second-order valence-electron chi connectivity index (χ2n) is 11.5. The van der Waals surface area contributed by atoms with Crippen LogP contribution < -0.4 is 10.1 Å². The number of methoxy groups -OCH3 is 1. The molecule has 2 aromatic rings. The summed E-state index contributed by atoms with van der Waals surface area (Å²) in [5.41, 5.74) is 1.18. The topological polar surface area (TPSA) is 78.0 Å². The number of anilines is 1. The molecule has 2 saturated carbocycles. The Morgan fingerprint density at radius 1 is 1.13 bits per heavy atom. The molecule has 8 nitrogen and oxygen atoms in total. The molecule has 5 rings (SSSR count). The second-order valence-corrected chi connectivity index (χ2v) is 11.5. The lowest BCUT2D eigenvalue weighted by Gasteiger charge is -2.51. The molecule has 1 saturated heterocycles. The monoisotopic (exact) mass is 519 g/mol. The number of benzene rings is 1. The van der Waals surface area contributed by atoms with E-state index in [2.05, 4.69) is 64.5 Å². The molecule has 0 bridgehead atoms. The Morgan fingerprint density at radius 2 is 1.87 bits per heavy atom. The summed E-state index contributed by atoms with van der Waals surface area (Å²) >= 11 is 0. The first kappa shape index (κ1) is 26.5. The molecule has 3 fully saturated rings. The number of rotatable bonds is 9. The maximum absolute atomic E-state index is 13.8. The molecule has 2 aliphatic carbocycles. The second kappa shape index (κ2) is 10.9. The van der Waals surface area contributed by atoms with Crippen molar-refractivity contribution in [1.82, 2.24) is 19.7 Å². The molecule has 8 heteroatoms. The van der Waals surface area contributed by atoms with E-state index in [1.807, 2.05) is 4.90 Å². The summed E-state index contributed by atoms with van der Waals surface area (Å²) in [4.78, 5) is 37.2. The first-order chi connectivity index (χ1) is 18.3. The van der Waals surface area contributed by atoms with Crippen LogP contribution in [-0.2, 0) is 10.3 Å². The molecule has 2 heterocycles. The van der Waals surface area contributed by atoms with Gasteiger partial charge in [0.15, 0.2) is 0 Å². The van der Waals surface area contributed by atoms with Crippen LogP contribution in [0.25, 0.3) is 0 Å². The fourth-order valence-corrected chi connectivity index (χ4v) is 6.61. The van der Waals surface area contributed by atoms with Crippen molar-refractivity contribution >= 4 is 17.8 Å². The SMILES string of the molecule is COc1ccnc(NC(=O)CCN2C[C@]3(CC[C@](c4ccccc4)(N(C)C)CC3)N(CC3CCC3)C2=O)c1. The lowest BCUT2D eigenvalue weighted by Crippen LogP contribution is -2.56. The highest BCUT2D eigenvalue weighted by atomic mass is 16.5. The Balaban J connectivity index is 1.28. The van der Waals surface area contributed by atoms with Gasteiger partial charge in [0.2, 0.25) is 5.91 Å². The highest BCUT2D eigenvalue weighted by Crippen LogP contribution is 2.49. The van der Waals surface area contributed by atoms with Crippen LogP contribution in [0.3, 0.4) is 0 Å². The van der Waals surface area contributed by atoms with Crippen LogP contribution in [0.4, 0.5) is 10.6 Å². The van der Waals surface area contributed by atoms with Gasteiger partial charge in [-0.1, -0.05) is 36.8 Å². The molecule has 0 unspecified atom stereocenters. The number of nitrogens with one attached hydrogen (secondary N) is 1. The predicted molar refractivity (Wildman–Crippen MR) is 148 cm³/mol. The summed E-state index contributed by atoms with van der Waals surface area (Å²) < 4.78 is 5.22. The number of ether oxygens (including phenoxy) is 1. The molecule has 1 aliphatic heterocycles. The van der Waals surface area contributed by atoms with E-state index in [-0.39, 0.29) is 29.4 Å². The van der Waals surface area contributed by atoms with E-state index < -0.39 is 0 Å². The minimum Gasteiger partial charge on any atom is -0.497 e. The average molecular weight is 520 g/mol. The zero-order valence-corrected chi connectivity index (χ0v) is 23.0. The van der Waals surface area contributed by atoms with Gasteiger partial charge in [0.05, 0.1) is 12.6 Å². The summed E-state index contributed by atoms with van der Waals surface area (Å²) in [6.45, 7) is 1.95. The Bertz CT molecular complexity index is 1130. The van der Waals surface area contributed by atoms with Crippen molar-refractivity contribution in [1.29, 1.82) is 0 Å². The Morgan fingerprint density at radius 3 is 2.50 bits per heavy atom. The van der Waals surface area contributed by atoms with Crippen molar-refractivity contribution in [2.24, 2.45) is 5.92 Å². The van der Waals surface area contributed by atoms with Gasteiger partial charge >= 0.3 is 6.03 Å². The van der Waals surface area contributed by atoms with Crippen LogP contribution in [0, 0.1) is 5.92 Å². The van der Waals surface area contributed by atoms with Gasteiger partial charge < -0.3 is 19.9 Å². The van der Waals surface area contributed by atoms with E-state index >= 15 is 0 Å². The molecule has 3 amide bonds. The van der Waals surface area contributed by atoms with E-state index in [4.69, 9.17) is 4.74 Å². The van der Waals surface area contributed by atoms with Gasteiger partial charge in [0.1, 0.15) is 11.6 Å². The Kier molecular flexibility index (Phi) is 7.61. The lowest BCUT2D eigenvalue weighted by atomic mass is 9.68. The molecular weight excluding hydrogens is 478 g/mol. The highest BCUT2D eigenvalue weighted by Gasteiger charge is 2.54. The van der Waals surface area contributed by atoms with E-state index in [1.165, 1.54) is 24.8 Å². The quantitative estimate of drug-likeness (QED) is 0.518. The van der Waals surface area contributed by atoms with Crippen molar-refractivity contribution < 1.29 is 14.3 Å². The Hall–Kier alpha value is -3.13. The summed E-state index contributed by atoms with van der Waals surface area (Å²) in [6, 6.07) is 14.3. The summed E-state index contributed by atoms with van der Waals surface area (Å²) in [6.07, 6.45) is 9.48. The molecule has 1 aromatic carbocycles. The van der Waals surface area contributed by atoms with Gasteiger partial charge in [-0.2, -0.15) is 0 Å². The van der Waals surface area contributed by atoms with Crippen LogP contribution in [0.15, 0.2) is 48.7 Å². The number of aromatic nitrogens is 1. The maximum Gasteiger partial charge on any atom is 0.320 e. The van der Waals surface area contributed by atoms with Crippen molar-refractivity contribution in [3.63, 3.8) is 0 Å². The van der Waals surface area contributed by atoms with E-state index in [0.29, 0.717) is 30.6 Å². The van der Waals surface area contributed by atoms with Crippen molar-refractivity contribution in [3.8, 4) is 5.75 Å². The lowest BCUT2D eigenvalue weighted by molar-refractivity contribution is -0.116. The zero-order valence-electron chi connectivity index (χ0n) is 23.0. The molecule has 3 aliphatic rings. The van der Waals surface area contributed by atoms with Crippen LogP contribution >= 0.6 is 0 Å². The van der Waals surface area contributed by atoms with Crippen LogP contribution in [0.1, 0.15) is 56.9 Å². The molecule has 0 radical (unpaired) electrons. The molecule has 0 atom stereocenters. The minimum atomic E-state index is -0.161. The number of nitrogens with zero attached hydrogens (tertiary/aromatic N) is 4. The predicted octanol–water partition coefficient (Wildman–Crippen LogP) is 4.73. The first-order valence-corrected chi connectivity index (χ1v) is 13.9. The van der Waals surface area contributed by atoms with E-state index in [9.17, 15) is 9.59 Å². The summed E-state index contributed by atoms with van der Waals surface area (Å²) in [5.74, 6) is 1.55. The van der Waals surface area contributed by atoms with Crippen LogP contribution in [0.2, 0.25) is 0 Å². The number of carbonyl (C=O) groups is 2. The first-order valence-electron chi connectivity index (χ1n) is 13.9. The smallest absolute Gasteiger partial charge is 0.320 e. The number of carbonyl (C=O) groups excluding carboxylic acids is 2. The number of pyridine rings is 1. The Labute approximate surface area is 226 Å². The maximum atomic E-state index is 13.8. The number of urea groups is 1. The summed E-state index contributed by atoms with van der Waals surface area (Å²) in [5, 5.41) is 2.84. The highest BCUT2D eigenvalue weighted by molar-refractivity contribution is 5.90. The molecule has 1 N–H and O–H groups in total. The minimum absolute atomic E-state index is 0.0191. The molecule has 38 heavy (non-hydrogen) atoms. The third-order valence-corrected chi connectivity index (χ3v) is 9.24. The normalized spacial score (nSPS) is 25.6. The molecule has 204 valence electrons. The van der Waals surface area contributed by atoms with Gasteiger partial charge in [-0.25, -0.2) is 9.78 Å². The third-order valence-electron chi connectivity index (χ3n) is 9.24. The van der Waals surface area contributed by atoms with Crippen LogP contribution in [0.5, 0.6) is 5.75 Å². The molecular formula is C30H41N5O3. The number of hydrogen-bond donors (Lipinski definition) is 1. The van der Waals surface area contributed by atoms with Gasteiger partial charge in [0.25, 0.3) is 0 Å². The summed E-state index contributed by atoms with van der Waals surface area (Å²) in [7, 11) is 5.94. The molecule has 1 aromatic heterocycles. The number of amides is 3. The van der Waals surface area contributed by atoms with Gasteiger partial charge in [-0.3, -0.25) is 9.69 Å². The molecule has 1 spiro atoms. The van der Waals surface area contributed by atoms with Gasteiger partial charge in [0, 0.05) is 43.9 Å². The number of hydrogen-bond acceptors (Lipinski definition) is 5. The van der Waals surface area contributed by atoms with Crippen molar-refractivity contribution in [2.75, 3.05) is 46.2 Å². The van der Waals surface area contributed by atoms with Crippen molar-refractivity contribution in [2.45, 2.75) is 62.4 Å². The third kappa shape index (κ3) is 5.10. The largest absolute Gasteiger partial charge is 0.497 e.